The van der Waals surface area contributed by atoms with Crippen LogP contribution in [0.15, 0.2) is 43.2 Å². The molecule has 0 aliphatic heterocycles. The highest BCUT2D eigenvalue weighted by Crippen LogP contribution is 2.71. The van der Waals surface area contributed by atoms with Gasteiger partial charge in [-0.15, -0.1) is 0 Å². The number of ether oxygens (including phenoxy) is 1. The Balaban J connectivity index is 0.000000109. The van der Waals surface area contributed by atoms with Gasteiger partial charge < -0.3 is 15.2 Å². The molecular weight excluding hydrogens is 899 g/mol. The second-order valence-electron chi connectivity index (χ2n) is 34.2. The summed E-state index contributed by atoms with van der Waals surface area (Å²) in [5.41, 5.74) is 6.73. The Morgan fingerprint density at radius 2 is 1.00 bits per heavy atom. The average molecular weight is 1020 g/mol. The van der Waals surface area contributed by atoms with E-state index in [9.17, 15) is 5.11 Å². The minimum atomic E-state index is -0.237. The summed E-state index contributed by atoms with van der Waals surface area (Å²) in [5.74, 6) is 9.62. The summed E-state index contributed by atoms with van der Waals surface area (Å²) in [5, 5.41) is 14.0. The molecule has 17 aliphatic rings. The van der Waals surface area contributed by atoms with E-state index < -0.39 is 0 Å². The van der Waals surface area contributed by atoms with Crippen molar-refractivity contribution in [3.05, 3.63) is 48.7 Å². The summed E-state index contributed by atoms with van der Waals surface area (Å²) in [6, 6.07) is 11.4. The zero-order chi connectivity index (χ0) is 53.0. The van der Waals surface area contributed by atoms with Gasteiger partial charge in [0, 0.05) is 12.6 Å². The summed E-state index contributed by atoms with van der Waals surface area (Å²) in [4.78, 5) is 0. The minimum Gasteiger partial charge on any atom is -0.502 e. The fourth-order valence-corrected chi connectivity index (χ4v) is 24.0. The van der Waals surface area contributed by atoms with Gasteiger partial charge in [-0.25, -0.2) is 0 Å². The zero-order valence-electron chi connectivity index (χ0n) is 50.8. The van der Waals surface area contributed by atoms with E-state index in [1.54, 1.807) is 6.26 Å². The van der Waals surface area contributed by atoms with Gasteiger partial charge in [0.25, 0.3) is 0 Å². The lowest BCUT2D eigenvalue weighted by Crippen LogP contribution is -2.54. The molecular formula is C71H119NO2. The standard InChI is InChI=1S/C14H21N.2C13H22.C11H18O.C10H18O.C10H18/c1-12-7-5-6-10-14(12)15-11-13-8-3-2-4-9-13;2*1-11-4-10-5-12(2,7-11)9-13(3,6-10)8-11;1-10-3-8-2-9(4-10)6-11(12,5-8)7-10;1-3-11-8-10-6-4-9(2)5-7-10;1-7-4-5-8-6-9(7)10(8,2)3/h2-4,8-9,12,14-15H,5-7,10-11H2,1H3;2*10H,4-9H2,1-3H3;8-9,12H,2-7H2,1H3;3,9-10H,1,4-8H2,2H3;7-9H,4-6H2,1-3H3/t12?,14-;;;;;/m1...../s1. The van der Waals surface area contributed by atoms with Crippen LogP contribution in [0, 0.1) is 102 Å². The van der Waals surface area contributed by atoms with Gasteiger partial charge in [-0.2, -0.15) is 0 Å². The van der Waals surface area contributed by atoms with Crippen LogP contribution in [0.25, 0.3) is 0 Å². The highest BCUT2D eigenvalue weighted by atomic mass is 16.5. The number of hydrogen-bond donors (Lipinski definition) is 2. The Morgan fingerprint density at radius 1 is 0.527 bits per heavy atom. The van der Waals surface area contributed by atoms with Crippen LogP contribution in [0.1, 0.15) is 275 Å². The molecule has 0 spiro atoms. The molecule has 420 valence electrons. The predicted octanol–water partition coefficient (Wildman–Crippen LogP) is 19.7. The molecule has 0 heterocycles. The van der Waals surface area contributed by atoms with Gasteiger partial charge in [-0.3, -0.25) is 0 Å². The van der Waals surface area contributed by atoms with Crippen LogP contribution in [-0.4, -0.2) is 23.4 Å². The summed E-state index contributed by atoms with van der Waals surface area (Å²) in [7, 11) is 0. The molecule has 74 heavy (non-hydrogen) atoms. The van der Waals surface area contributed by atoms with Crippen molar-refractivity contribution in [2.75, 3.05) is 6.61 Å². The second-order valence-corrected chi connectivity index (χ2v) is 34.2. The maximum absolute atomic E-state index is 10.3. The first kappa shape index (κ1) is 57.4. The maximum atomic E-state index is 10.3. The molecule has 6 unspecified atom stereocenters. The smallest absolute Gasteiger partial charge is 0.0901 e. The molecule has 0 amide bonds. The molecule has 17 fully saturated rings. The van der Waals surface area contributed by atoms with E-state index in [1.807, 2.05) is 0 Å². The van der Waals surface area contributed by atoms with E-state index in [4.69, 9.17) is 4.74 Å². The lowest BCUT2D eigenvalue weighted by Gasteiger charge is -2.64. The van der Waals surface area contributed by atoms with Crippen LogP contribution >= 0.6 is 0 Å². The first-order valence-corrected chi connectivity index (χ1v) is 32.4. The van der Waals surface area contributed by atoms with Crippen molar-refractivity contribution < 1.29 is 9.84 Å². The Bertz CT molecular complexity index is 1800. The van der Waals surface area contributed by atoms with Gasteiger partial charge in [-0.1, -0.05) is 152 Å². The fourth-order valence-electron chi connectivity index (χ4n) is 24.0. The molecule has 17 aliphatic carbocycles. The molecule has 0 aromatic heterocycles. The van der Waals surface area contributed by atoms with Crippen LogP contribution < -0.4 is 5.32 Å². The molecule has 17 saturated carbocycles. The molecule has 3 heteroatoms. The summed E-state index contributed by atoms with van der Waals surface area (Å²) in [6.07, 6.45) is 43.0. The minimum absolute atomic E-state index is 0.237. The number of nitrogens with one attached hydrogen (secondary N) is 1. The fraction of sp³-hybridized carbons (Fsp3) is 0.887. The Kier molecular flexibility index (Phi) is 17.0. The monoisotopic (exact) mass is 1020 g/mol. The van der Waals surface area contributed by atoms with Gasteiger partial charge in [0.15, 0.2) is 0 Å². The van der Waals surface area contributed by atoms with E-state index in [0.29, 0.717) is 10.8 Å². The van der Waals surface area contributed by atoms with Gasteiger partial charge >= 0.3 is 0 Å². The molecule has 0 saturated heterocycles. The molecule has 1 aromatic carbocycles. The molecule has 1 aromatic rings. The van der Waals surface area contributed by atoms with Crippen molar-refractivity contribution in [2.45, 2.75) is 287 Å². The van der Waals surface area contributed by atoms with Crippen molar-refractivity contribution in [1.29, 1.82) is 0 Å². The molecule has 0 radical (unpaired) electrons. The van der Waals surface area contributed by atoms with Crippen LogP contribution in [0.3, 0.4) is 0 Å². The molecule has 3 nitrogen and oxygen atoms in total. The lowest BCUT2D eigenvalue weighted by atomic mass is 9.41. The number of aliphatic hydroxyl groups is 1. The highest BCUT2D eigenvalue weighted by molar-refractivity contribution is 5.15. The predicted molar refractivity (Wildman–Crippen MR) is 315 cm³/mol. The SMILES string of the molecule is C=COCC1CCC(C)CC1.CC12CC3CC(C)(C1)CC(C)(C3)C2.CC12CC3CC(C)(C1)CC(C)(C3)C2.CC12CC3CC(C1)CC(O)(C3)C2.CC1CCC2CC1C2(C)C.CC1CCCC[C@H]1NCc1ccccc1. The van der Waals surface area contributed by atoms with Crippen molar-refractivity contribution in [1.82, 2.24) is 5.32 Å². The zero-order valence-corrected chi connectivity index (χ0v) is 50.8. The van der Waals surface area contributed by atoms with E-state index >= 15 is 0 Å². The topological polar surface area (TPSA) is 41.5 Å². The van der Waals surface area contributed by atoms with E-state index in [2.05, 4.69) is 125 Å². The van der Waals surface area contributed by atoms with Gasteiger partial charge in [-0.05, 0) is 262 Å². The first-order chi connectivity index (χ1) is 34.7. The Labute approximate surface area is 458 Å². The van der Waals surface area contributed by atoms with Gasteiger partial charge in [0.05, 0.1) is 18.5 Å². The van der Waals surface area contributed by atoms with Crippen molar-refractivity contribution in [3.8, 4) is 0 Å². The molecule has 7 atom stereocenters. The van der Waals surface area contributed by atoms with Crippen LogP contribution in [0.2, 0.25) is 0 Å². The summed E-state index contributed by atoms with van der Waals surface area (Å²) >= 11 is 0. The Morgan fingerprint density at radius 3 is 1.38 bits per heavy atom. The summed E-state index contributed by atoms with van der Waals surface area (Å²) < 4.78 is 5.17. The maximum Gasteiger partial charge on any atom is 0.0901 e. The third-order valence-electron chi connectivity index (χ3n) is 24.4. The number of rotatable bonds is 6. The largest absolute Gasteiger partial charge is 0.502 e. The highest BCUT2D eigenvalue weighted by Gasteiger charge is 2.60. The van der Waals surface area contributed by atoms with E-state index in [1.165, 1.54) is 173 Å². The third-order valence-corrected chi connectivity index (χ3v) is 24.4. The second kappa shape index (κ2) is 22.0. The van der Waals surface area contributed by atoms with Crippen LogP contribution in [0.5, 0.6) is 0 Å². The van der Waals surface area contributed by atoms with E-state index in [0.717, 1.165) is 130 Å². The van der Waals surface area contributed by atoms with Gasteiger partial charge in [0.1, 0.15) is 0 Å². The van der Waals surface area contributed by atoms with Crippen LogP contribution in [0.4, 0.5) is 0 Å². The quantitative estimate of drug-likeness (QED) is 0.279. The van der Waals surface area contributed by atoms with Crippen molar-refractivity contribution >= 4 is 0 Å². The Hall–Kier alpha value is -1.32. The number of hydrogen-bond acceptors (Lipinski definition) is 3. The third kappa shape index (κ3) is 13.8. The van der Waals surface area contributed by atoms with E-state index in [-0.39, 0.29) is 5.60 Å². The average Bonchev–Trinajstić information content (AvgIpc) is 3.26. The summed E-state index contributed by atoms with van der Waals surface area (Å²) in [6.45, 7) is 35.2. The van der Waals surface area contributed by atoms with Gasteiger partial charge in [0.2, 0.25) is 0 Å². The molecule has 14 bridgehead atoms. The van der Waals surface area contributed by atoms with Crippen molar-refractivity contribution in [2.24, 2.45) is 102 Å². The molecule has 18 rings (SSSR count). The number of fused-ring (bicyclic) bond motifs is 2. The number of benzene rings is 1. The normalized spacial score (nSPS) is 49.6. The lowest BCUT2D eigenvalue weighted by molar-refractivity contribution is -0.157. The van der Waals surface area contributed by atoms with Crippen LogP contribution in [-0.2, 0) is 11.3 Å². The van der Waals surface area contributed by atoms with Crippen molar-refractivity contribution in [3.63, 3.8) is 0 Å². The molecule has 2 N–H and O–H groups in total. The first-order valence-electron chi connectivity index (χ1n) is 32.4.